The van der Waals surface area contributed by atoms with Crippen LogP contribution >= 0.6 is 0 Å². The molecule has 0 unspecified atom stereocenters. The predicted octanol–water partition coefficient (Wildman–Crippen LogP) is 2.55. The number of hydrogen-bond acceptors (Lipinski definition) is 6. The number of halogens is 1. The zero-order valence-electron chi connectivity index (χ0n) is 13.6. The Morgan fingerprint density at radius 3 is 2.96 bits per heavy atom. The van der Waals surface area contributed by atoms with E-state index in [0.29, 0.717) is 41.5 Å². The Hall–Kier alpha value is -3.21. The minimum Gasteiger partial charge on any atom is -0.334 e. The number of rotatable bonds is 3. The van der Waals surface area contributed by atoms with E-state index in [4.69, 9.17) is 9.78 Å². The van der Waals surface area contributed by atoms with Crippen molar-refractivity contribution in [2.45, 2.75) is 12.3 Å². The molecule has 1 fully saturated rings. The number of aromatic nitrogens is 4. The lowest BCUT2D eigenvalue weighted by Crippen LogP contribution is -2.13. The van der Waals surface area contributed by atoms with Crippen molar-refractivity contribution in [3.8, 4) is 28.8 Å². The first-order chi connectivity index (χ1) is 12.1. The number of benzene rings is 1. The third kappa shape index (κ3) is 2.85. The first-order valence-electron chi connectivity index (χ1n) is 7.91. The molecule has 1 saturated heterocycles. The van der Waals surface area contributed by atoms with Gasteiger partial charge in [0, 0.05) is 48.9 Å². The van der Waals surface area contributed by atoms with Crippen molar-refractivity contribution in [3.05, 3.63) is 42.2 Å². The quantitative estimate of drug-likeness (QED) is 0.683. The van der Waals surface area contributed by atoms with E-state index in [1.165, 1.54) is 6.07 Å². The molecule has 8 heteroatoms. The minimum absolute atomic E-state index is 0.0791. The summed E-state index contributed by atoms with van der Waals surface area (Å²) in [5, 5.41) is 17.1. The molecule has 0 saturated carbocycles. The van der Waals surface area contributed by atoms with Crippen LogP contribution in [0, 0.1) is 17.3 Å². The second-order valence-corrected chi connectivity index (χ2v) is 6.09. The Labute approximate surface area is 143 Å². The lowest BCUT2D eigenvalue weighted by Gasteiger charge is -2.04. The van der Waals surface area contributed by atoms with Gasteiger partial charge >= 0.3 is 0 Å². The van der Waals surface area contributed by atoms with Crippen molar-refractivity contribution in [1.82, 2.24) is 24.8 Å². The van der Waals surface area contributed by atoms with Gasteiger partial charge in [0.15, 0.2) is 12.0 Å². The molecule has 7 nitrogen and oxygen atoms in total. The summed E-state index contributed by atoms with van der Waals surface area (Å²) in [6.45, 7) is 1.30. The van der Waals surface area contributed by atoms with Gasteiger partial charge < -0.3 is 9.42 Å². The van der Waals surface area contributed by atoms with Crippen molar-refractivity contribution in [1.29, 1.82) is 5.26 Å². The van der Waals surface area contributed by atoms with Gasteiger partial charge in [-0.25, -0.2) is 4.39 Å². The molecule has 0 amide bonds. The molecule has 1 aliphatic heterocycles. The molecule has 0 aliphatic carbocycles. The molecule has 0 radical (unpaired) electrons. The summed E-state index contributed by atoms with van der Waals surface area (Å²) in [5.41, 5.74) is 1.76. The van der Waals surface area contributed by atoms with Crippen molar-refractivity contribution >= 4 is 0 Å². The maximum absolute atomic E-state index is 14.2. The highest BCUT2D eigenvalue weighted by Crippen LogP contribution is 2.30. The molecular weight excluding hydrogens is 323 g/mol. The minimum atomic E-state index is -0.336. The van der Waals surface area contributed by atoms with Crippen LogP contribution < -0.4 is 0 Å². The standard InChI is InChI=1S/C17H15FN6O/c1-23-8-13(7-20-23)14-6-11(2-3-15(14)18)17-21-16(22-25-17)12-4-5-24(9-12)10-19/h2-3,6-8,12H,4-5,9H2,1H3/t12-/m1/s1. The second-order valence-electron chi connectivity index (χ2n) is 6.09. The molecule has 1 aliphatic rings. The van der Waals surface area contributed by atoms with Crippen LogP contribution in [0.5, 0.6) is 0 Å². The van der Waals surface area contributed by atoms with E-state index >= 15 is 0 Å². The molecule has 25 heavy (non-hydrogen) atoms. The van der Waals surface area contributed by atoms with E-state index < -0.39 is 0 Å². The van der Waals surface area contributed by atoms with E-state index in [1.807, 2.05) is 0 Å². The van der Waals surface area contributed by atoms with E-state index in [-0.39, 0.29) is 11.7 Å². The smallest absolute Gasteiger partial charge is 0.257 e. The van der Waals surface area contributed by atoms with Crippen LogP contribution in [-0.2, 0) is 7.05 Å². The first-order valence-corrected chi connectivity index (χ1v) is 7.91. The van der Waals surface area contributed by atoms with Gasteiger partial charge in [-0.3, -0.25) is 4.68 Å². The SMILES string of the molecule is Cn1cc(-c2cc(-c3nc([C@@H]4CCN(C#N)C4)no3)ccc2F)cn1. The topological polar surface area (TPSA) is 83.8 Å². The highest BCUT2D eigenvalue weighted by atomic mass is 19.1. The fraction of sp³-hybridized carbons (Fsp3) is 0.294. The Morgan fingerprint density at radius 2 is 2.24 bits per heavy atom. The maximum atomic E-state index is 14.2. The second kappa shape index (κ2) is 6.02. The Morgan fingerprint density at radius 1 is 1.36 bits per heavy atom. The average Bonchev–Trinajstić information content (AvgIpc) is 3.35. The normalized spacial score (nSPS) is 17.0. The molecule has 4 rings (SSSR count). The molecule has 126 valence electrons. The fourth-order valence-electron chi connectivity index (χ4n) is 3.02. The summed E-state index contributed by atoms with van der Waals surface area (Å²) in [6.07, 6.45) is 6.30. The summed E-state index contributed by atoms with van der Waals surface area (Å²) >= 11 is 0. The zero-order chi connectivity index (χ0) is 17.4. The van der Waals surface area contributed by atoms with Crippen LogP contribution in [0.3, 0.4) is 0 Å². The maximum Gasteiger partial charge on any atom is 0.257 e. The molecule has 2 aromatic heterocycles. The Bertz CT molecular complexity index is 956. The first kappa shape index (κ1) is 15.3. The third-order valence-electron chi connectivity index (χ3n) is 4.37. The van der Waals surface area contributed by atoms with Crippen LogP contribution in [0.1, 0.15) is 18.2 Å². The Kier molecular flexibility index (Phi) is 3.69. The van der Waals surface area contributed by atoms with Gasteiger partial charge in [0.25, 0.3) is 5.89 Å². The number of nitriles is 1. The number of aryl methyl sites for hydroxylation is 1. The molecule has 1 atom stereocenters. The van der Waals surface area contributed by atoms with Gasteiger partial charge in [-0.1, -0.05) is 5.16 Å². The van der Waals surface area contributed by atoms with Gasteiger partial charge in [0.1, 0.15) is 5.82 Å². The number of nitrogens with zero attached hydrogens (tertiary/aromatic N) is 6. The summed E-state index contributed by atoms with van der Waals surface area (Å²) in [5.74, 6) is 0.669. The molecule has 0 bridgehead atoms. The van der Waals surface area contributed by atoms with Crippen LogP contribution in [0.15, 0.2) is 35.1 Å². The van der Waals surface area contributed by atoms with Crippen LogP contribution in [0.25, 0.3) is 22.6 Å². The van der Waals surface area contributed by atoms with Gasteiger partial charge in [-0.05, 0) is 24.6 Å². The lowest BCUT2D eigenvalue weighted by molar-refractivity contribution is 0.413. The zero-order valence-corrected chi connectivity index (χ0v) is 13.6. The fourth-order valence-corrected chi connectivity index (χ4v) is 3.02. The van der Waals surface area contributed by atoms with E-state index in [1.54, 1.807) is 41.2 Å². The predicted molar refractivity (Wildman–Crippen MR) is 86.4 cm³/mol. The molecule has 1 aromatic carbocycles. The molecular formula is C17H15FN6O. The molecule has 0 spiro atoms. The van der Waals surface area contributed by atoms with E-state index in [9.17, 15) is 4.39 Å². The summed E-state index contributed by atoms with van der Waals surface area (Å²) < 4.78 is 21.2. The van der Waals surface area contributed by atoms with Crippen molar-refractivity contribution < 1.29 is 8.91 Å². The van der Waals surface area contributed by atoms with E-state index in [0.717, 1.165) is 6.42 Å². The number of hydrogen-bond donors (Lipinski definition) is 0. The lowest BCUT2D eigenvalue weighted by atomic mass is 10.1. The monoisotopic (exact) mass is 338 g/mol. The van der Waals surface area contributed by atoms with Crippen LogP contribution in [-0.4, -0.2) is 37.9 Å². The highest BCUT2D eigenvalue weighted by molar-refractivity contribution is 5.69. The van der Waals surface area contributed by atoms with Gasteiger partial charge in [0.2, 0.25) is 0 Å². The van der Waals surface area contributed by atoms with Crippen molar-refractivity contribution in [3.63, 3.8) is 0 Å². The average molecular weight is 338 g/mol. The summed E-state index contributed by atoms with van der Waals surface area (Å²) in [7, 11) is 1.78. The summed E-state index contributed by atoms with van der Waals surface area (Å²) in [6, 6.07) is 4.68. The number of likely N-dealkylation sites (tertiary alicyclic amines) is 1. The van der Waals surface area contributed by atoms with Gasteiger partial charge in [-0.2, -0.15) is 15.3 Å². The largest absolute Gasteiger partial charge is 0.334 e. The third-order valence-corrected chi connectivity index (χ3v) is 4.37. The van der Waals surface area contributed by atoms with Crippen molar-refractivity contribution in [2.75, 3.05) is 13.1 Å². The Balaban J connectivity index is 1.64. The highest BCUT2D eigenvalue weighted by Gasteiger charge is 2.27. The van der Waals surface area contributed by atoms with E-state index in [2.05, 4.69) is 21.4 Å². The van der Waals surface area contributed by atoms with Crippen molar-refractivity contribution in [2.24, 2.45) is 7.05 Å². The van der Waals surface area contributed by atoms with Crippen LogP contribution in [0.4, 0.5) is 4.39 Å². The molecule has 3 heterocycles. The van der Waals surface area contributed by atoms with Crippen LogP contribution in [0.2, 0.25) is 0 Å². The summed E-state index contributed by atoms with van der Waals surface area (Å²) in [4.78, 5) is 6.12. The van der Waals surface area contributed by atoms with Gasteiger partial charge in [0.05, 0.1) is 6.20 Å². The molecule has 0 N–H and O–H groups in total. The molecule has 3 aromatic rings. The van der Waals surface area contributed by atoms with Gasteiger partial charge in [-0.15, -0.1) is 0 Å².